The van der Waals surface area contributed by atoms with Gasteiger partial charge in [0.25, 0.3) is 0 Å². The molecule has 0 unspecified atom stereocenters. The van der Waals surface area contributed by atoms with E-state index in [-0.39, 0.29) is 18.2 Å². The zero-order valence-electron chi connectivity index (χ0n) is 25.1. The minimum Gasteiger partial charge on any atom is -0.480 e. The lowest BCUT2D eigenvalue weighted by molar-refractivity contribution is -0.142. The largest absolute Gasteiger partial charge is 0.480 e. The lowest BCUT2D eigenvalue weighted by Gasteiger charge is -2.14. The summed E-state index contributed by atoms with van der Waals surface area (Å²) in [4.78, 5) is 39.7. The van der Waals surface area contributed by atoms with Crippen molar-refractivity contribution in [3.63, 3.8) is 0 Å². The second kappa shape index (κ2) is 25.9. The van der Waals surface area contributed by atoms with Crippen molar-refractivity contribution in [3.8, 4) is 0 Å². The summed E-state index contributed by atoms with van der Waals surface area (Å²) in [6.45, 7) is 2.60. The number of carbonyl (C=O) groups is 3. The summed E-state index contributed by atoms with van der Waals surface area (Å²) >= 11 is 0. The lowest BCUT2D eigenvalue weighted by atomic mass is 10.1. The Hall–Kier alpha value is -4.00. The zero-order chi connectivity index (χ0) is 30.5. The fraction of sp³-hybridized carbons (Fsp3) is 0.429. The highest BCUT2D eigenvalue weighted by Crippen LogP contribution is 2.05. The van der Waals surface area contributed by atoms with E-state index in [0.29, 0.717) is 38.6 Å². The topological polar surface area (TPSA) is 108 Å². The number of carboxylic acid groups (broad SMARTS) is 1. The van der Waals surface area contributed by atoms with Gasteiger partial charge in [0.15, 0.2) is 0 Å². The molecule has 0 saturated carbocycles. The van der Waals surface area contributed by atoms with Gasteiger partial charge in [-0.1, -0.05) is 85.9 Å². The second-order valence-electron chi connectivity index (χ2n) is 9.80. The van der Waals surface area contributed by atoms with Crippen LogP contribution in [0.15, 0.2) is 91.4 Å². The molecule has 7 nitrogen and oxygen atoms in total. The van der Waals surface area contributed by atoms with Crippen LogP contribution in [0, 0.1) is 0 Å². The van der Waals surface area contributed by atoms with Gasteiger partial charge >= 0.3 is 5.97 Å². The SMILES string of the molecule is CC/C=C\C/C=C\C/C=C\C/C=C\C/C=C\CCCC(=O)N[C@@H](CCCCNC(=O)C/C=C/c1cccnc1)C(=O)O. The molecule has 0 saturated heterocycles. The van der Waals surface area contributed by atoms with E-state index in [1.165, 1.54) is 0 Å². The van der Waals surface area contributed by atoms with Crippen LogP contribution in [0.4, 0.5) is 0 Å². The van der Waals surface area contributed by atoms with Crippen LogP contribution in [0.1, 0.15) is 89.5 Å². The second-order valence-corrected chi connectivity index (χ2v) is 9.80. The molecule has 3 N–H and O–H groups in total. The van der Waals surface area contributed by atoms with Crippen LogP contribution in [-0.4, -0.2) is 40.5 Å². The number of pyridine rings is 1. The molecular formula is C35H49N3O4. The van der Waals surface area contributed by atoms with Crippen LogP contribution in [0.2, 0.25) is 0 Å². The third kappa shape index (κ3) is 21.8. The summed E-state index contributed by atoms with van der Waals surface area (Å²) in [5.74, 6) is -1.38. The third-order valence-electron chi connectivity index (χ3n) is 6.11. The van der Waals surface area contributed by atoms with Crippen LogP contribution in [-0.2, 0) is 14.4 Å². The number of aliphatic carboxylic acids is 1. The van der Waals surface area contributed by atoms with Crippen LogP contribution in [0.5, 0.6) is 0 Å². The molecule has 0 aliphatic carbocycles. The Bertz CT molecular complexity index is 1060. The van der Waals surface area contributed by atoms with Crippen molar-refractivity contribution >= 4 is 23.9 Å². The van der Waals surface area contributed by atoms with Gasteiger partial charge in [0.2, 0.25) is 11.8 Å². The van der Waals surface area contributed by atoms with Crippen molar-refractivity contribution in [2.75, 3.05) is 6.54 Å². The maximum atomic E-state index is 12.2. The molecule has 1 rings (SSSR count). The van der Waals surface area contributed by atoms with Crippen molar-refractivity contribution in [3.05, 3.63) is 96.9 Å². The Morgan fingerprint density at radius 2 is 1.48 bits per heavy atom. The van der Waals surface area contributed by atoms with E-state index in [0.717, 1.165) is 44.1 Å². The Morgan fingerprint density at radius 3 is 2.07 bits per heavy atom. The normalized spacial score (nSPS) is 12.9. The van der Waals surface area contributed by atoms with Crippen LogP contribution in [0.3, 0.4) is 0 Å². The molecule has 0 aliphatic rings. The molecule has 228 valence electrons. The number of aromatic nitrogens is 1. The summed E-state index contributed by atoms with van der Waals surface area (Å²) < 4.78 is 0. The number of nitrogens with one attached hydrogen (secondary N) is 2. The number of nitrogens with zero attached hydrogens (tertiary/aromatic N) is 1. The number of hydrogen-bond acceptors (Lipinski definition) is 4. The van der Waals surface area contributed by atoms with E-state index in [4.69, 9.17) is 0 Å². The maximum absolute atomic E-state index is 12.2. The molecular weight excluding hydrogens is 526 g/mol. The van der Waals surface area contributed by atoms with E-state index in [1.54, 1.807) is 18.5 Å². The number of hydrogen-bond donors (Lipinski definition) is 3. The molecule has 0 radical (unpaired) electrons. The predicted octanol–water partition coefficient (Wildman–Crippen LogP) is 7.26. The molecule has 1 aromatic heterocycles. The van der Waals surface area contributed by atoms with Gasteiger partial charge in [-0.2, -0.15) is 0 Å². The zero-order valence-corrected chi connectivity index (χ0v) is 25.1. The molecule has 0 bridgehead atoms. The first-order valence-electron chi connectivity index (χ1n) is 15.1. The number of carbonyl (C=O) groups excluding carboxylic acids is 2. The third-order valence-corrected chi connectivity index (χ3v) is 6.11. The molecule has 1 atom stereocenters. The first-order chi connectivity index (χ1) is 20.5. The minimum atomic E-state index is -1.04. The monoisotopic (exact) mass is 575 g/mol. The number of unbranched alkanes of at least 4 members (excludes halogenated alkanes) is 2. The van der Waals surface area contributed by atoms with Crippen LogP contribution < -0.4 is 10.6 Å². The average Bonchev–Trinajstić information content (AvgIpc) is 2.98. The van der Waals surface area contributed by atoms with Crippen molar-refractivity contribution in [2.24, 2.45) is 0 Å². The van der Waals surface area contributed by atoms with Gasteiger partial charge < -0.3 is 15.7 Å². The smallest absolute Gasteiger partial charge is 0.326 e. The number of carboxylic acids is 1. The van der Waals surface area contributed by atoms with Crippen LogP contribution in [0.25, 0.3) is 6.08 Å². The molecule has 2 amide bonds. The molecule has 42 heavy (non-hydrogen) atoms. The van der Waals surface area contributed by atoms with Gasteiger partial charge in [-0.3, -0.25) is 14.6 Å². The first kappa shape index (κ1) is 36.0. The van der Waals surface area contributed by atoms with Crippen LogP contribution >= 0.6 is 0 Å². The summed E-state index contributed by atoms with van der Waals surface area (Å²) in [6.07, 6.45) is 36.9. The quantitative estimate of drug-likeness (QED) is 0.0940. The van der Waals surface area contributed by atoms with E-state index >= 15 is 0 Å². The fourth-order valence-corrected chi connectivity index (χ4v) is 3.82. The van der Waals surface area contributed by atoms with E-state index in [2.05, 4.69) is 83.3 Å². The number of allylic oxidation sites excluding steroid dienone is 10. The minimum absolute atomic E-state index is 0.0919. The van der Waals surface area contributed by atoms with Gasteiger partial charge in [-0.15, -0.1) is 0 Å². The van der Waals surface area contributed by atoms with Crippen molar-refractivity contribution in [1.29, 1.82) is 0 Å². The van der Waals surface area contributed by atoms with Crippen molar-refractivity contribution in [1.82, 2.24) is 15.6 Å². The van der Waals surface area contributed by atoms with Gasteiger partial charge in [0.05, 0.1) is 0 Å². The highest BCUT2D eigenvalue weighted by molar-refractivity contribution is 5.83. The van der Waals surface area contributed by atoms with Gasteiger partial charge in [-0.25, -0.2) is 4.79 Å². The van der Waals surface area contributed by atoms with Gasteiger partial charge in [-0.05, 0) is 75.8 Å². The van der Waals surface area contributed by atoms with Gasteiger partial charge in [0, 0.05) is 31.8 Å². The maximum Gasteiger partial charge on any atom is 0.326 e. The van der Waals surface area contributed by atoms with E-state index in [1.807, 2.05) is 18.2 Å². The molecule has 1 aromatic rings. The molecule has 0 fully saturated rings. The first-order valence-corrected chi connectivity index (χ1v) is 15.1. The molecule has 0 aromatic carbocycles. The highest BCUT2D eigenvalue weighted by Gasteiger charge is 2.19. The van der Waals surface area contributed by atoms with Crippen molar-refractivity contribution in [2.45, 2.75) is 90.0 Å². The lowest BCUT2D eigenvalue weighted by Crippen LogP contribution is -2.40. The Labute approximate surface area is 252 Å². The van der Waals surface area contributed by atoms with Gasteiger partial charge in [0.1, 0.15) is 6.04 Å². The molecule has 7 heteroatoms. The standard InChI is InChI=1S/C35H49N3O4/c1-2-3-4-5-6-7-8-9-10-11-12-13-14-15-16-17-18-26-34(40)38-32(35(41)42)25-19-20-29-37-33(39)27-21-23-31-24-22-28-36-30-31/h3-4,6-7,9-10,12-13,15-16,21-24,28,30,32H,2,5,8,11,14,17-20,25-27,29H2,1H3,(H,37,39)(H,38,40)(H,41,42)/b4-3-,7-6-,10-9-,13-12-,16-15-,23-21+/t32-/m0/s1. The summed E-state index contributed by atoms with van der Waals surface area (Å²) in [5.41, 5.74) is 0.932. The number of amides is 2. The van der Waals surface area contributed by atoms with Crippen molar-refractivity contribution < 1.29 is 19.5 Å². The van der Waals surface area contributed by atoms with E-state index < -0.39 is 12.0 Å². The highest BCUT2D eigenvalue weighted by atomic mass is 16.4. The predicted molar refractivity (Wildman–Crippen MR) is 173 cm³/mol. The average molecular weight is 576 g/mol. The summed E-state index contributed by atoms with van der Waals surface area (Å²) in [7, 11) is 0. The molecule has 0 aliphatic heterocycles. The Balaban J connectivity index is 2.09. The molecule has 0 spiro atoms. The summed E-state index contributed by atoms with van der Waals surface area (Å²) in [5, 5.41) is 14.9. The Kier molecular flexibility index (Phi) is 22.2. The Morgan fingerprint density at radius 1 is 0.833 bits per heavy atom. The fourth-order valence-electron chi connectivity index (χ4n) is 3.82. The number of rotatable bonds is 23. The summed E-state index contributed by atoms with van der Waals surface area (Å²) in [6, 6.07) is 2.83. The molecule has 1 heterocycles. The van der Waals surface area contributed by atoms with E-state index in [9.17, 15) is 19.5 Å².